The Hall–Kier alpha value is -3.45. The first-order valence-corrected chi connectivity index (χ1v) is 13.1. The van der Waals surface area contributed by atoms with Crippen molar-refractivity contribution in [3.05, 3.63) is 76.6 Å². The molecular weight excluding hydrogens is 483 g/mol. The highest BCUT2D eigenvalue weighted by Crippen LogP contribution is 2.43. The van der Waals surface area contributed by atoms with Crippen molar-refractivity contribution < 1.29 is 23.7 Å². The highest BCUT2D eigenvalue weighted by atomic mass is 19.1. The number of hydrogen-bond donors (Lipinski definition) is 2. The van der Waals surface area contributed by atoms with Gasteiger partial charge < -0.3 is 30.0 Å². The lowest BCUT2D eigenvalue weighted by Crippen LogP contribution is -2.38. The van der Waals surface area contributed by atoms with Crippen molar-refractivity contribution in [3.8, 4) is 23.0 Å². The number of nitrogens with zero attached hydrogens (tertiary/aromatic N) is 1. The SMILES string of the molecule is CCN(Cc1ccc(OCC(C)(C)N)c(F)c1)c1cc(OC)c(OC)cc1[C@@H]1CCc2cc(O)ccc2C1. The van der Waals surface area contributed by atoms with Crippen LogP contribution < -0.4 is 24.8 Å². The van der Waals surface area contributed by atoms with Gasteiger partial charge in [0.05, 0.1) is 14.2 Å². The summed E-state index contributed by atoms with van der Waals surface area (Å²) in [5, 5.41) is 9.91. The molecule has 0 bridgehead atoms. The van der Waals surface area contributed by atoms with E-state index in [1.54, 1.807) is 26.4 Å². The van der Waals surface area contributed by atoms with Gasteiger partial charge in [0.15, 0.2) is 23.1 Å². The summed E-state index contributed by atoms with van der Waals surface area (Å²) < 4.78 is 31.8. The molecule has 1 atom stereocenters. The average Bonchev–Trinajstić information content (AvgIpc) is 2.89. The fourth-order valence-corrected chi connectivity index (χ4v) is 5.10. The van der Waals surface area contributed by atoms with Crippen LogP contribution in [0.1, 0.15) is 55.4 Å². The Balaban J connectivity index is 1.65. The Kier molecular flexibility index (Phi) is 8.36. The summed E-state index contributed by atoms with van der Waals surface area (Å²) in [6, 6.07) is 14.9. The molecule has 3 N–H and O–H groups in total. The standard InChI is InChI=1S/C31H39FN2O4/c1-6-34(18-20-7-12-28(26(32)13-20)38-19-31(2,3)33)27-17-30(37-5)29(36-4)16-25(27)23-9-8-22-15-24(35)11-10-21(22)14-23/h7,10-13,15-17,23,35H,6,8-9,14,18-19,33H2,1-5H3/t23-/m1/s1. The van der Waals surface area contributed by atoms with E-state index in [0.717, 1.165) is 37.1 Å². The first-order valence-electron chi connectivity index (χ1n) is 13.1. The minimum atomic E-state index is -0.548. The predicted octanol–water partition coefficient (Wildman–Crippen LogP) is 5.96. The highest BCUT2D eigenvalue weighted by molar-refractivity contribution is 5.64. The maximum Gasteiger partial charge on any atom is 0.165 e. The number of phenolic OH excluding ortho intramolecular Hbond substituents is 1. The van der Waals surface area contributed by atoms with Gasteiger partial charge in [-0.25, -0.2) is 4.39 Å². The van der Waals surface area contributed by atoms with Crippen LogP contribution in [0.2, 0.25) is 0 Å². The quantitative estimate of drug-likeness (QED) is 0.342. The molecule has 3 aromatic carbocycles. The molecule has 7 heteroatoms. The van der Waals surface area contributed by atoms with Crippen LogP contribution in [0.5, 0.6) is 23.0 Å². The summed E-state index contributed by atoms with van der Waals surface area (Å²) >= 11 is 0. The van der Waals surface area contributed by atoms with E-state index in [1.807, 2.05) is 38.1 Å². The molecule has 3 aromatic rings. The van der Waals surface area contributed by atoms with E-state index in [2.05, 4.69) is 17.9 Å². The van der Waals surface area contributed by atoms with E-state index >= 15 is 0 Å². The first-order chi connectivity index (χ1) is 18.1. The Bertz CT molecular complexity index is 1270. The van der Waals surface area contributed by atoms with E-state index in [0.29, 0.717) is 23.8 Å². The largest absolute Gasteiger partial charge is 0.508 e. The number of phenols is 1. The molecule has 1 aliphatic rings. The summed E-state index contributed by atoms with van der Waals surface area (Å²) in [4.78, 5) is 2.24. The van der Waals surface area contributed by atoms with Gasteiger partial charge in [0, 0.05) is 30.4 Å². The van der Waals surface area contributed by atoms with Crippen LogP contribution in [0, 0.1) is 5.82 Å². The monoisotopic (exact) mass is 522 g/mol. The van der Waals surface area contributed by atoms with Gasteiger partial charge in [0.1, 0.15) is 12.4 Å². The molecule has 0 aliphatic heterocycles. The number of nitrogens with two attached hydrogens (primary N) is 1. The number of methoxy groups -OCH3 is 2. The molecule has 0 heterocycles. The molecular formula is C31H39FN2O4. The summed E-state index contributed by atoms with van der Waals surface area (Å²) in [6.45, 7) is 7.25. The fraction of sp³-hybridized carbons (Fsp3) is 0.419. The zero-order valence-electron chi connectivity index (χ0n) is 23.0. The highest BCUT2D eigenvalue weighted by Gasteiger charge is 2.26. The second-order valence-corrected chi connectivity index (χ2v) is 10.7. The molecule has 0 radical (unpaired) electrons. The molecule has 0 unspecified atom stereocenters. The molecule has 4 rings (SSSR count). The van der Waals surface area contributed by atoms with Crippen LogP contribution in [0.15, 0.2) is 48.5 Å². The van der Waals surface area contributed by atoms with Crippen molar-refractivity contribution in [1.29, 1.82) is 0 Å². The Morgan fingerprint density at radius 1 is 1.00 bits per heavy atom. The number of anilines is 1. The third-order valence-corrected chi connectivity index (χ3v) is 7.08. The van der Waals surface area contributed by atoms with Crippen molar-refractivity contribution in [1.82, 2.24) is 0 Å². The number of rotatable bonds is 10. The molecule has 0 amide bonds. The summed E-state index contributed by atoms with van der Waals surface area (Å²) in [6.07, 6.45) is 2.71. The van der Waals surface area contributed by atoms with Crippen LogP contribution in [-0.4, -0.2) is 38.0 Å². The van der Waals surface area contributed by atoms with Crippen molar-refractivity contribution in [2.45, 2.75) is 58.0 Å². The zero-order valence-corrected chi connectivity index (χ0v) is 23.0. The van der Waals surface area contributed by atoms with E-state index in [1.165, 1.54) is 22.8 Å². The van der Waals surface area contributed by atoms with Gasteiger partial charge in [-0.2, -0.15) is 0 Å². The normalized spacial score (nSPS) is 15.1. The van der Waals surface area contributed by atoms with Crippen LogP contribution in [0.25, 0.3) is 0 Å². The summed E-state index contributed by atoms with van der Waals surface area (Å²) in [7, 11) is 3.29. The van der Waals surface area contributed by atoms with Gasteiger partial charge in [0.25, 0.3) is 0 Å². The minimum absolute atomic E-state index is 0.203. The summed E-state index contributed by atoms with van der Waals surface area (Å²) in [5.74, 6) is 1.72. The Morgan fingerprint density at radius 2 is 1.74 bits per heavy atom. The van der Waals surface area contributed by atoms with Crippen molar-refractivity contribution in [3.63, 3.8) is 0 Å². The number of benzene rings is 3. The smallest absolute Gasteiger partial charge is 0.165 e. The maximum atomic E-state index is 14.9. The van der Waals surface area contributed by atoms with Gasteiger partial charge >= 0.3 is 0 Å². The number of halogens is 1. The Labute approximate surface area is 225 Å². The van der Waals surface area contributed by atoms with E-state index in [4.69, 9.17) is 19.9 Å². The van der Waals surface area contributed by atoms with E-state index < -0.39 is 11.4 Å². The molecule has 0 spiro atoms. The molecule has 6 nitrogen and oxygen atoms in total. The van der Waals surface area contributed by atoms with Crippen molar-refractivity contribution in [2.24, 2.45) is 5.73 Å². The van der Waals surface area contributed by atoms with Gasteiger partial charge in [0.2, 0.25) is 0 Å². The lowest BCUT2D eigenvalue weighted by Gasteiger charge is -2.32. The first kappa shape index (κ1) is 27.6. The lowest BCUT2D eigenvalue weighted by atomic mass is 9.79. The maximum absolute atomic E-state index is 14.9. The number of fused-ring (bicyclic) bond motifs is 1. The van der Waals surface area contributed by atoms with Gasteiger partial charge in [-0.1, -0.05) is 12.1 Å². The molecule has 0 aromatic heterocycles. The second kappa shape index (κ2) is 11.5. The average molecular weight is 523 g/mol. The molecule has 204 valence electrons. The molecule has 0 saturated carbocycles. The van der Waals surface area contributed by atoms with E-state index in [-0.39, 0.29) is 18.3 Å². The molecule has 38 heavy (non-hydrogen) atoms. The molecule has 0 fully saturated rings. The van der Waals surface area contributed by atoms with Crippen LogP contribution in [0.4, 0.5) is 10.1 Å². The number of ether oxygens (including phenoxy) is 3. The van der Waals surface area contributed by atoms with Crippen LogP contribution in [-0.2, 0) is 19.4 Å². The molecule has 0 saturated heterocycles. The lowest BCUT2D eigenvalue weighted by molar-refractivity contribution is 0.234. The topological polar surface area (TPSA) is 77.2 Å². The van der Waals surface area contributed by atoms with Crippen LogP contribution in [0.3, 0.4) is 0 Å². The number of aromatic hydroxyl groups is 1. The van der Waals surface area contributed by atoms with Crippen molar-refractivity contribution >= 4 is 5.69 Å². The summed E-state index contributed by atoms with van der Waals surface area (Å²) in [5.41, 5.74) is 10.9. The number of hydrogen-bond acceptors (Lipinski definition) is 6. The third-order valence-electron chi connectivity index (χ3n) is 7.08. The zero-order chi connectivity index (χ0) is 27.4. The van der Waals surface area contributed by atoms with Crippen LogP contribution >= 0.6 is 0 Å². The predicted molar refractivity (Wildman–Crippen MR) is 149 cm³/mol. The van der Waals surface area contributed by atoms with Gasteiger partial charge in [-0.05, 0) is 98.5 Å². The van der Waals surface area contributed by atoms with Gasteiger partial charge in [-0.15, -0.1) is 0 Å². The molecule has 1 aliphatic carbocycles. The third kappa shape index (κ3) is 6.33. The second-order valence-electron chi connectivity index (χ2n) is 10.7. The van der Waals surface area contributed by atoms with E-state index in [9.17, 15) is 9.50 Å². The van der Waals surface area contributed by atoms with Gasteiger partial charge in [-0.3, -0.25) is 0 Å². The number of aryl methyl sites for hydroxylation is 1. The Morgan fingerprint density at radius 3 is 2.39 bits per heavy atom. The fourth-order valence-electron chi connectivity index (χ4n) is 5.10. The minimum Gasteiger partial charge on any atom is -0.508 e. The van der Waals surface area contributed by atoms with Crippen molar-refractivity contribution in [2.75, 3.05) is 32.3 Å².